The predicted molar refractivity (Wildman–Crippen MR) is 46.2 cm³/mol. The number of rotatable bonds is 1. The van der Waals surface area contributed by atoms with E-state index in [1.165, 1.54) is 0 Å². The summed E-state index contributed by atoms with van der Waals surface area (Å²) in [7, 11) is 0. The van der Waals surface area contributed by atoms with Crippen LogP contribution >= 0.6 is 0 Å². The summed E-state index contributed by atoms with van der Waals surface area (Å²) in [4.78, 5) is 13.1. The number of aromatic amines is 1. The molecule has 1 heterocycles. The van der Waals surface area contributed by atoms with Gasteiger partial charge in [-0.15, -0.1) is 0 Å². The van der Waals surface area contributed by atoms with Crippen LogP contribution in [0.15, 0.2) is 17.1 Å². The largest absolute Gasteiger partial charge is 0.503 e. The van der Waals surface area contributed by atoms with Crippen LogP contribution < -0.4 is 5.43 Å². The molecule has 2 radical (unpaired) electrons. The zero-order valence-corrected chi connectivity index (χ0v) is 11.2. The van der Waals surface area contributed by atoms with Crippen LogP contribution in [0.5, 0.6) is 5.75 Å². The SMILES string of the molecule is O=c1cc(CO)[nH]cc1O.[Na].[Na]. The minimum absolute atomic E-state index is 0. The van der Waals surface area contributed by atoms with Gasteiger partial charge in [0.25, 0.3) is 0 Å². The number of aliphatic hydroxyl groups excluding tert-OH is 1. The Balaban J connectivity index is 0. The van der Waals surface area contributed by atoms with Gasteiger partial charge in [0.1, 0.15) is 0 Å². The molecule has 0 spiro atoms. The third-order valence-corrected chi connectivity index (χ3v) is 1.12. The zero-order chi connectivity index (χ0) is 7.56. The first kappa shape index (κ1) is 15.2. The Morgan fingerprint density at radius 1 is 1.42 bits per heavy atom. The van der Waals surface area contributed by atoms with Crippen molar-refractivity contribution in [3.05, 3.63) is 28.2 Å². The van der Waals surface area contributed by atoms with Crippen LogP contribution in [0.4, 0.5) is 0 Å². The predicted octanol–water partition coefficient (Wildman–Crippen LogP) is -1.19. The van der Waals surface area contributed by atoms with E-state index in [0.717, 1.165) is 12.3 Å². The summed E-state index contributed by atoms with van der Waals surface area (Å²) in [5, 5.41) is 17.2. The molecule has 0 aliphatic carbocycles. The molecule has 4 nitrogen and oxygen atoms in total. The molecule has 56 valence electrons. The van der Waals surface area contributed by atoms with Gasteiger partial charge in [0.2, 0.25) is 5.43 Å². The quantitative estimate of drug-likeness (QED) is 0.484. The van der Waals surface area contributed by atoms with Crippen LogP contribution in [0.25, 0.3) is 0 Å². The Morgan fingerprint density at radius 2 is 2.00 bits per heavy atom. The number of pyridine rings is 1. The van der Waals surface area contributed by atoms with Gasteiger partial charge < -0.3 is 15.2 Å². The van der Waals surface area contributed by atoms with Crippen molar-refractivity contribution in [1.29, 1.82) is 0 Å². The molecule has 1 rings (SSSR count). The average molecular weight is 187 g/mol. The topological polar surface area (TPSA) is 73.3 Å². The van der Waals surface area contributed by atoms with Crippen molar-refractivity contribution in [3.8, 4) is 5.75 Å². The molecular formula is C6H7NNa2O3. The second kappa shape index (κ2) is 7.15. The summed E-state index contributed by atoms with van der Waals surface area (Å²) in [6.45, 7) is -0.227. The van der Waals surface area contributed by atoms with Crippen LogP contribution in [-0.4, -0.2) is 74.3 Å². The first-order valence-electron chi connectivity index (χ1n) is 2.75. The van der Waals surface area contributed by atoms with E-state index in [0.29, 0.717) is 5.69 Å². The molecule has 0 fully saturated rings. The first-order chi connectivity index (χ1) is 4.74. The molecule has 0 atom stereocenters. The van der Waals surface area contributed by atoms with Crippen molar-refractivity contribution in [2.75, 3.05) is 0 Å². The van der Waals surface area contributed by atoms with E-state index in [4.69, 9.17) is 10.2 Å². The molecule has 0 saturated heterocycles. The second-order valence-corrected chi connectivity index (χ2v) is 1.87. The number of hydrogen-bond acceptors (Lipinski definition) is 3. The fourth-order valence-corrected chi connectivity index (χ4v) is 0.597. The van der Waals surface area contributed by atoms with Gasteiger partial charge in [0.05, 0.1) is 6.61 Å². The Kier molecular flexibility index (Phi) is 9.05. The molecule has 0 saturated carbocycles. The van der Waals surface area contributed by atoms with E-state index in [2.05, 4.69) is 4.98 Å². The maximum absolute atomic E-state index is 10.6. The van der Waals surface area contributed by atoms with Crippen LogP contribution in [0.3, 0.4) is 0 Å². The van der Waals surface area contributed by atoms with E-state index < -0.39 is 5.43 Å². The fourth-order valence-electron chi connectivity index (χ4n) is 0.597. The van der Waals surface area contributed by atoms with E-state index in [1.807, 2.05) is 0 Å². The number of nitrogens with one attached hydrogen (secondary N) is 1. The maximum Gasteiger partial charge on any atom is 0.223 e. The third-order valence-electron chi connectivity index (χ3n) is 1.12. The summed E-state index contributed by atoms with van der Waals surface area (Å²) in [5.74, 6) is -0.336. The van der Waals surface area contributed by atoms with Gasteiger partial charge in [0.15, 0.2) is 5.75 Å². The van der Waals surface area contributed by atoms with Gasteiger partial charge in [-0.2, -0.15) is 0 Å². The van der Waals surface area contributed by atoms with Crippen LogP contribution in [0.1, 0.15) is 5.69 Å². The van der Waals surface area contributed by atoms with Crippen molar-refractivity contribution >= 4 is 59.1 Å². The van der Waals surface area contributed by atoms with E-state index in [9.17, 15) is 4.79 Å². The molecule has 0 amide bonds. The van der Waals surface area contributed by atoms with Gasteiger partial charge in [-0.1, -0.05) is 0 Å². The molecule has 1 aromatic rings. The van der Waals surface area contributed by atoms with Crippen molar-refractivity contribution in [2.45, 2.75) is 6.61 Å². The standard InChI is InChI=1S/C6H7NO3.2Na/c8-3-4-1-5(9)6(10)2-7-4;;/h1-2,8,10H,3H2,(H,7,9);;. The molecule has 1 aromatic heterocycles. The number of H-pyrrole nitrogens is 1. The summed E-state index contributed by atoms with van der Waals surface area (Å²) < 4.78 is 0. The minimum Gasteiger partial charge on any atom is -0.503 e. The number of aliphatic hydroxyl groups is 1. The molecule has 0 aromatic carbocycles. The fraction of sp³-hybridized carbons (Fsp3) is 0.167. The van der Waals surface area contributed by atoms with Crippen molar-refractivity contribution < 1.29 is 10.2 Å². The van der Waals surface area contributed by atoms with Crippen LogP contribution in [0.2, 0.25) is 0 Å². The number of hydrogen-bond donors (Lipinski definition) is 3. The number of aromatic hydroxyl groups is 1. The molecule has 0 bridgehead atoms. The molecule has 6 heteroatoms. The van der Waals surface area contributed by atoms with Crippen molar-refractivity contribution in [1.82, 2.24) is 4.98 Å². The van der Waals surface area contributed by atoms with Gasteiger partial charge in [-0.3, -0.25) is 4.79 Å². The smallest absolute Gasteiger partial charge is 0.223 e. The third kappa shape index (κ3) is 4.09. The summed E-state index contributed by atoms with van der Waals surface area (Å²) >= 11 is 0. The normalized spacial score (nSPS) is 8.08. The van der Waals surface area contributed by atoms with Gasteiger partial charge in [0, 0.05) is 77.1 Å². The first-order valence-corrected chi connectivity index (χ1v) is 2.75. The molecule has 12 heavy (non-hydrogen) atoms. The monoisotopic (exact) mass is 187 g/mol. The van der Waals surface area contributed by atoms with Crippen LogP contribution in [0, 0.1) is 0 Å². The summed E-state index contributed by atoms with van der Waals surface area (Å²) in [5.41, 5.74) is -0.0920. The Hall–Kier alpha value is 0.710. The van der Waals surface area contributed by atoms with Gasteiger partial charge in [-0.25, -0.2) is 0 Å². The van der Waals surface area contributed by atoms with E-state index in [1.54, 1.807) is 0 Å². The zero-order valence-electron chi connectivity index (χ0n) is 7.16. The second-order valence-electron chi connectivity index (χ2n) is 1.87. The minimum atomic E-state index is -0.484. The Morgan fingerprint density at radius 3 is 2.42 bits per heavy atom. The van der Waals surface area contributed by atoms with Gasteiger partial charge in [-0.05, 0) is 0 Å². The summed E-state index contributed by atoms with van der Waals surface area (Å²) in [6.07, 6.45) is 1.15. The molecule has 3 N–H and O–H groups in total. The average Bonchev–Trinajstić information content (AvgIpc) is 1.95. The molecule has 0 aliphatic rings. The van der Waals surface area contributed by atoms with E-state index >= 15 is 0 Å². The molecule has 0 aliphatic heterocycles. The van der Waals surface area contributed by atoms with Gasteiger partial charge >= 0.3 is 0 Å². The number of aromatic nitrogens is 1. The molecular weight excluding hydrogens is 180 g/mol. The van der Waals surface area contributed by atoms with Crippen molar-refractivity contribution in [2.24, 2.45) is 0 Å². The maximum atomic E-state index is 10.6. The summed E-state index contributed by atoms with van der Waals surface area (Å²) in [6, 6.07) is 1.15. The molecule has 0 unspecified atom stereocenters. The Labute approximate surface area is 114 Å². The Bertz CT molecular complexity index is 286. The van der Waals surface area contributed by atoms with Crippen LogP contribution in [-0.2, 0) is 6.61 Å². The van der Waals surface area contributed by atoms with E-state index in [-0.39, 0.29) is 71.5 Å². The van der Waals surface area contributed by atoms with Crippen molar-refractivity contribution in [3.63, 3.8) is 0 Å².